The SMILES string of the molecule is Nc1ccccc1NC(=O)c1ccc(Nc2nc(-c3cnc4ccc(CC5CC5)cn34)cs2)s1. The number of thiazole rings is 1. The Bertz CT molecular complexity index is 1500. The second kappa shape index (κ2) is 8.58. The third kappa shape index (κ3) is 4.27. The van der Waals surface area contributed by atoms with Crippen LogP contribution in [-0.4, -0.2) is 20.3 Å². The number of carbonyl (C=O) groups excluding carboxylic acids is 1. The van der Waals surface area contributed by atoms with Crippen LogP contribution in [0.5, 0.6) is 0 Å². The van der Waals surface area contributed by atoms with Crippen LogP contribution in [0.4, 0.5) is 21.5 Å². The molecule has 1 aliphatic rings. The maximum Gasteiger partial charge on any atom is 0.265 e. The van der Waals surface area contributed by atoms with E-state index in [4.69, 9.17) is 10.7 Å². The number of fused-ring (bicyclic) bond motifs is 1. The van der Waals surface area contributed by atoms with Crippen molar-refractivity contribution in [2.75, 3.05) is 16.4 Å². The number of nitrogens with one attached hydrogen (secondary N) is 2. The van der Waals surface area contributed by atoms with Gasteiger partial charge in [-0.1, -0.05) is 18.2 Å². The third-order valence-electron chi connectivity index (χ3n) is 5.82. The van der Waals surface area contributed by atoms with Gasteiger partial charge in [0.2, 0.25) is 0 Å². The molecule has 0 spiro atoms. The summed E-state index contributed by atoms with van der Waals surface area (Å²) in [7, 11) is 0. The van der Waals surface area contributed by atoms with Gasteiger partial charge in [-0.25, -0.2) is 9.97 Å². The van der Waals surface area contributed by atoms with Crippen LogP contribution in [0.15, 0.2) is 66.3 Å². The normalized spacial score (nSPS) is 13.3. The number of benzene rings is 1. The average molecular weight is 487 g/mol. The van der Waals surface area contributed by atoms with Gasteiger partial charge in [-0.05, 0) is 61.1 Å². The average Bonchev–Trinajstić information content (AvgIpc) is 3.21. The Balaban J connectivity index is 1.17. The molecule has 1 aliphatic carbocycles. The van der Waals surface area contributed by atoms with Gasteiger partial charge in [-0.3, -0.25) is 9.20 Å². The Morgan fingerprint density at radius 3 is 2.88 bits per heavy atom. The lowest BCUT2D eigenvalue weighted by Gasteiger charge is -2.06. The summed E-state index contributed by atoms with van der Waals surface area (Å²) in [6, 6.07) is 15.1. The van der Waals surface area contributed by atoms with Crippen LogP contribution in [0.2, 0.25) is 0 Å². The number of nitrogens with zero attached hydrogens (tertiary/aromatic N) is 3. The van der Waals surface area contributed by atoms with E-state index in [9.17, 15) is 4.79 Å². The van der Waals surface area contributed by atoms with E-state index in [1.807, 2.05) is 29.8 Å². The molecule has 1 saturated carbocycles. The van der Waals surface area contributed by atoms with Crippen molar-refractivity contribution in [1.82, 2.24) is 14.4 Å². The van der Waals surface area contributed by atoms with E-state index in [-0.39, 0.29) is 5.91 Å². The fraction of sp³-hybridized carbons (Fsp3) is 0.160. The number of thiophene rings is 1. The summed E-state index contributed by atoms with van der Waals surface area (Å²) in [5, 5.41) is 9.82. The summed E-state index contributed by atoms with van der Waals surface area (Å²) >= 11 is 2.89. The van der Waals surface area contributed by atoms with Crippen LogP contribution >= 0.6 is 22.7 Å². The summed E-state index contributed by atoms with van der Waals surface area (Å²) < 4.78 is 2.12. The number of carbonyl (C=O) groups is 1. The Morgan fingerprint density at radius 2 is 2.03 bits per heavy atom. The van der Waals surface area contributed by atoms with Crippen molar-refractivity contribution < 1.29 is 4.79 Å². The molecule has 4 N–H and O–H groups in total. The highest BCUT2D eigenvalue weighted by Crippen LogP contribution is 2.34. The quantitative estimate of drug-likeness (QED) is 0.243. The largest absolute Gasteiger partial charge is 0.397 e. The summed E-state index contributed by atoms with van der Waals surface area (Å²) in [5.41, 5.74) is 11.2. The minimum absolute atomic E-state index is 0.191. The number of anilines is 4. The smallest absolute Gasteiger partial charge is 0.265 e. The number of rotatable bonds is 7. The second-order valence-corrected chi connectivity index (χ2v) is 10.4. The van der Waals surface area contributed by atoms with E-state index < -0.39 is 0 Å². The first-order valence-corrected chi connectivity index (χ1v) is 12.8. The van der Waals surface area contributed by atoms with Gasteiger partial charge < -0.3 is 16.4 Å². The Labute approximate surface area is 204 Å². The van der Waals surface area contributed by atoms with Crippen LogP contribution in [0.1, 0.15) is 28.1 Å². The molecular formula is C25H22N6OS2. The van der Waals surface area contributed by atoms with Crippen molar-refractivity contribution in [3.05, 3.63) is 76.7 Å². The predicted molar refractivity (Wildman–Crippen MR) is 139 cm³/mol. The van der Waals surface area contributed by atoms with Gasteiger partial charge in [0.1, 0.15) is 11.3 Å². The molecule has 0 atom stereocenters. The zero-order valence-corrected chi connectivity index (χ0v) is 19.8. The number of imidazole rings is 1. The first-order chi connectivity index (χ1) is 16.6. The number of pyridine rings is 1. The van der Waals surface area contributed by atoms with Crippen LogP contribution in [0, 0.1) is 5.92 Å². The number of nitrogen functional groups attached to an aromatic ring is 1. The van der Waals surface area contributed by atoms with Gasteiger partial charge in [-0.2, -0.15) is 0 Å². The fourth-order valence-corrected chi connectivity index (χ4v) is 5.45. The number of hydrogen-bond donors (Lipinski definition) is 3. The molecule has 7 nitrogen and oxygen atoms in total. The van der Waals surface area contributed by atoms with Crippen molar-refractivity contribution in [3.8, 4) is 11.4 Å². The zero-order valence-electron chi connectivity index (χ0n) is 18.2. The monoisotopic (exact) mass is 486 g/mol. The van der Waals surface area contributed by atoms with Crippen LogP contribution in [0.3, 0.4) is 0 Å². The molecule has 1 amide bonds. The maximum atomic E-state index is 12.6. The first-order valence-electron chi connectivity index (χ1n) is 11.1. The molecule has 0 bridgehead atoms. The highest BCUT2D eigenvalue weighted by molar-refractivity contribution is 7.19. The topological polar surface area (TPSA) is 97.3 Å². The van der Waals surface area contributed by atoms with Crippen LogP contribution < -0.4 is 16.4 Å². The Hall–Kier alpha value is -3.69. The summed E-state index contributed by atoms with van der Waals surface area (Å²) in [4.78, 5) is 22.5. The minimum Gasteiger partial charge on any atom is -0.397 e. The highest BCUT2D eigenvalue weighted by Gasteiger charge is 2.22. The zero-order chi connectivity index (χ0) is 23.1. The molecule has 4 heterocycles. The van der Waals surface area contributed by atoms with Gasteiger partial charge in [0.25, 0.3) is 5.91 Å². The van der Waals surface area contributed by atoms with Gasteiger partial charge in [0.15, 0.2) is 5.13 Å². The Morgan fingerprint density at radius 1 is 1.15 bits per heavy atom. The third-order valence-corrected chi connectivity index (χ3v) is 7.58. The summed E-state index contributed by atoms with van der Waals surface area (Å²) in [5.74, 6) is 0.644. The lowest BCUT2D eigenvalue weighted by atomic mass is 10.1. The van der Waals surface area contributed by atoms with Crippen molar-refractivity contribution in [2.24, 2.45) is 5.92 Å². The lowest BCUT2D eigenvalue weighted by molar-refractivity contribution is 0.103. The number of amides is 1. The van der Waals surface area contributed by atoms with Gasteiger partial charge in [0, 0.05) is 11.6 Å². The van der Waals surface area contributed by atoms with E-state index >= 15 is 0 Å². The van der Waals surface area contributed by atoms with Crippen molar-refractivity contribution >= 4 is 55.7 Å². The number of aromatic nitrogens is 3. The van der Waals surface area contributed by atoms with Crippen LogP contribution in [-0.2, 0) is 6.42 Å². The Kier molecular flexibility index (Phi) is 5.27. The second-order valence-electron chi connectivity index (χ2n) is 8.42. The van der Waals surface area contributed by atoms with E-state index in [1.165, 1.54) is 41.1 Å². The standard InChI is InChI=1S/C25H22N6OS2/c26-17-3-1-2-4-18(17)28-24(32)21-8-10-23(34-21)30-25-29-19(14-33-25)20-12-27-22-9-7-16(13-31(20)22)11-15-5-6-15/h1-4,7-10,12-15H,5-6,11,26H2,(H,28,32)(H,29,30). The van der Waals surface area contributed by atoms with Crippen molar-refractivity contribution in [3.63, 3.8) is 0 Å². The van der Waals surface area contributed by atoms with E-state index in [0.717, 1.165) is 39.5 Å². The molecule has 5 aromatic rings. The fourth-order valence-electron chi connectivity index (χ4n) is 3.87. The van der Waals surface area contributed by atoms with Crippen molar-refractivity contribution in [2.45, 2.75) is 19.3 Å². The summed E-state index contributed by atoms with van der Waals surface area (Å²) in [6.07, 6.45) is 7.86. The lowest BCUT2D eigenvalue weighted by Crippen LogP contribution is -2.11. The van der Waals surface area contributed by atoms with E-state index in [1.54, 1.807) is 18.2 Å². The predicted octanol–water partition coefficient (Wildman–Crippen LogP) is 6.05. The number of hydrogen-bond acceptors (Lipinski definition) is 7. The molecule has 0 aliphatic heterocycles. The number of nitrogens with two attached hydrogens (primary N) is 1. The first kappa shape index (κ1) is 20.9. The van der Waals surface area contributed by atoms with Gasteiger partial charge >= 0.3 is 0 Å². The number of para-hydroxylation sites is 2. The molecule has 9 heteroatoms. The minimum atomic E-state index is -0.191. The van der Waals surface area contributed by atoms with Gasteiger partial charge in [0.05, 0.1) is 33.1 Å². The van der Waals surface area contributed by atoms with Crippen LogP contribution in [0.25, 0.3) is 17.0 Å². The highest BCUT2D eigenvalue weighted by atomic mass is 32.1. The molecule has 4 aromatic heterocycles. The molecule has 170 valence electrons. The molecule has 1 fully saturated rings. The molecule has 0 unspecified atom stereocenters. The summed E-state index contributed by atoms with van der Waals surface area (Å²) in [6.45, 7) is 0. The molecule has 0 saturated heterocycles. The van der Waals surface area contributed by atoms with E-state index in [2.05, 4.69) is 38.3 Å². The molecule has 6 rings (SSSR count). The molecular weight excluding hydrogens is 464 g/mol. The maximum absolute atomic E-state index is 12.6. The van der Waals surface area contributed by atoms with Crippen molar-refractivity contribution in [1.29, 1.82) is 0 Å². The molecule has 34 heavy (non-hydrogen) atoms. The molecule has 0 radical (unpaired) electrons. The molecule has 1 aromatic carbocycles. The van der Waals surface area contributed by atoms with E-state index in [0.29, 0.717) is 16.3 Å². The van der Waals surface area contributed by atoms with Gasteiger partial charge in [-0.15, -0.1) is 22.7 Å².